The molecule has 0 saturated carbocycles. The summed E-state index contributed by atoms with van der Waals surface area (Å²) < 4.78 is 13.6. The molecule has 1 amide bonds. The predicted octanol–water partition coefficient (Wildman–Crippen LogP) is 1.92. The van der Waals surface area contributed by atoms with Crippen LogP contribution in [0, 0.1) is 5.82 Å². The molecule has 3 aromatic rings. The minimum Gasteiger partial charge on any atom is -0.391 e. The Bertz CT molecular complexity index is 1160. The number of carbonyl (C=O) groups excluding carboxylic acids is 1. The summed E-state index contributed by atoms with van der Waals surface area (Å²) >= 11 is 0. The van der Waals surface area contributed by atoms with Gasteiger partial charge < -0.3 is 26.8 Å². The van der Waals surface area contributed by atoms with Crippen LogP contribution in [0.25, 0.3) is 0 Å². The van der Waals surface area contributed by atoms with Crippen molar-refractivity contribution in [2.75, 3.05) is 29.9 Å². The Balaban J connectivity index is 1.66. The minimum absolute atomic E-state index is 0.243. The summed E-state index contributed by atoms with van der Waals surface area (Å²) in [4.78, 5) is 23.9. The van der Waals surface area contributed by atoms with Crippen molar-refractivity contribution in [3.8, 4) is 0 Å². The number of nitrogens with two attached hydrogens (primary N) is 2. The Morgan fingerprint density at radius 3 is 2.74 bits per heavy atom. The third-order valence-corrected chi connectivity index (χ3v) is 5.92. The smallest absolute Gasteiger partial charge is 0.231 e. The highest BCUT2D eigenvalue weighted by Crippen LogP contribution is 2.31. The number of aliphatic hydroxyl groups excluding tert-OH is 1. The molecule has 1 aliphatic rings. The molecule has 6 N–H and O–H groups in total. The van der Waals surface area contributed by atoms with Crippen LogP contribution in [0.4, 0.5) is 16.0 Å². The van der Waals surface area contributed by atoms with Crippen LogP contribution in [0.5, 0.6) is 0 Å². The van der Waals surface area contributed by atoms with Gasteiger partial charge in [0.1, 0.15) is 23.4 Å². The molecule has 1 aliphatic heterocycles. The van der Waals surface area contributed by atoms with E-state index in [1.54, 1.807) is 24.3 Å². The van der Waals surface area contributed by atoms with E-state index in [-0.39, 0.29) is 12.4 Å². The fourth-order valence-electron chi connectivity index (χ4n) is 4.21. The number of carbonyl (C=O) groups is 1. The lowest BCUT2D eigenvalue weighted by atomic mass is 9.94. The summed E-state index contributed by atoms with van der Waals surface area (Å²) in [6, 6.07) is 15.4. The van der Waals surface area contributed by atoms with E-state index in [9.17, 15) is 14.3 Å². The molecule has 1 aromatic carbocycles. The molecule has 0 spiro atoms. The van der Waals surface area contributed by atoms with Crippen LogP contribution in [-0.4, -0.2) is 46.7 Å². The zero-order valence-electron chi connectivity index (χ0n) is 18.8. The molecule has 1 saturated heterocycles. The monoisotopic (exact) mass is 464 g/mol. The van der Waals surface area contributed by atoms with E-state index in [1.165, 1.54) is 12.1 Å². The highest BCUT2D eigenvalue weighted by atomic mass is 19.1. The van der Waals surface area contributed by atoms with Crippen molar-refractivity contribution in [1.82, 2.24) is 9.97 Å². The first-order chi connectivity index (χ1) is 16.4. The van der Waals surface area contributed by atoms with Gasteiger partial charge in [-0.05, 0) is 48.7 Å². The molecule has 1 unspecified atom stereocenters. The highest BCUT2D eigenvalue weighted by Gasteiger charge is 2.28. The molecule has 2 aromatic heterocycles. The lowest BCUT2D eigenvalue weighted by Gasteiger charge is -2.22. The number of pyridine rings is 2. The Hall–Kier alpha value is -3.56. The molecule has 178 valence electrons. The molecule has 1 fully saturated rings. The second-order valence-electron chi connectivity index (χ2n) is 8.40. The van der Waals surface area contributed by atoms with Gasteiger partial charge in [0.15, 0.2) is 0 Å². The Labute approximate surface area is 197 Å². The first-order valence-electron chi connectivity index (χ1n) is 11.3. The number of halogens is 1. The molecular weight excluding hydrogens is 435 g/mol. The van der Waals surface area contributed by atoms with Crippen molar-refractivity contribution in [2.24, 2.45) is 11.5 Å². The number of nitrogens with zero attached hydrogens (tertiary/aromatic N) is 3. The molecule has 0 aliphatic carbocycles. The van der Waals surface area contributed by atoms with E-state index in [0.29, 0.717) is 61.1 Å². The van der Waals surface area contributed by atoms with Gasteiger partial charge >= 0.3 is 0 Å². The summed E-state index contributed by atoms with van der Waals surface area (Å²) in [6.07, 6.45) is 0.839. The lowest BCUT2D eigenvalue weighted by molar-refractivity contribution is -0.118. The predicted molar refractivity (Wildman–Crippen MR) is 129 cm³/mol. The largest absolute Gasteiger partial charge is 0.391 e. The van der Waals surface area contributed by atoms with Crippen molar-refractivity contribution in [3.05, 3.63) is 82.9 Å². The first-order valence-corrected chi connectivity index (χ1v) is 11.3. The van der Waals surface area contributed by atoms with E-state index in [0.717, 1.165) is 5.56 Å². The summed E-state index contributed by atoms with van der Waals surface area (Å²) in [5.41, 5.74) is 14.2. The second-order valence-corrected chi connectivity index (χ2v) is 8.40. The van der Waals surface area contributed by atoms with E-state index < -0.39 is 17.9 Å². The van der Waals surface area contributed by atoms with Crippen molar-refractivity contribution >= 4 is 17.5 Å². The molecule has 4 rings (SSSR count). The van der Waals surface area contributed by atoms with Gasteiger partial charge in [-0.25, -0.2) is 9.37 Å². The number of benzene rings is 1. The topological polar surface area (TPSA) is 130 Å². The van der Waals surface area contributed by atoms with Crippen molar-refractivity contribution < 1.29 is 14.3 Å². The van der Waals surface area contributed by atoms with Gasteiger partial charge in [-0.3, -0.25) is 9.78 Å². The van der Waals surface area contributed by atoms with Crippen LogP contribution >= 0.6 is 0 Å². The van der Waals surface area contributed by atoms with Crippen LogP contribution in [0.1, 0.15) is 34.9 Å². The summed E-state index contributed by atoms with van der Waals surface area (Å²) in [6.45, 7) is 1.90. The quantitative estimate of drug-likeness (QED) is 0.381. The molecule has 34 heavy (non-hydrogen) atoms. The van der Waals surface area contributed by atoms with Crippen LogP contribution in [0.3, 0.4) is 0 Å². The molecule has 0 bridgehead atoms. The van der Waals surface area contributed by atoms with Gasteiger partial charge in [0, 0.05) is 31.7 Å². The van der Waals surface area contributed by atoms with Gasteiger partial charge in [0.25, 0.3) is 0 Å². The molecule has 0 radical (unpaired) electrons. The average Bonchev–Trinajstić information content (AvgIpc) is 3.26. The molecule has 3 heterocycles. The zero-order chi connectivity index (χ0) is 24.1. The Kier molecular flexibility index (Phi) is 7.34. The van der Waals surface area contributed by atoms with Crippen LogP contribution in [0.2, 0.25) is 0 Å². The third-order valence-electron chi connectivity index (χ3n) is 5.92. The number of aromatic nitrogens is 2. The van der Waals surface area contributed by atoms with Gasteiger partial charge in [-0.1, -0.05) is 24.3 Å². The Morgan fingerprint density at radius 1 is 1.21 bits per heavy atom. The van der Waals surface area contributed by atoms with Crippen LogP contribution in [0.15, 0.2) is 54.6 Å². The number of β-amino-alcohol motifs (C(OH)–C–C–N with tert-alkyl or cyclic N) is 1. The van der Waals surface area contributed by atoms with Crippen molar-refractivity contribution in [1.29, 1.82) is 0 Å². The van der Waals surface area contributed by atoms with Crippen LogP contribution in [-0.2, 0) is 17.8 Å². The van der Waals surface area contributed by atoms with Crippen LogP contribution < -0.4 is 21.7 Å². The van der Waals surface area contributed by atoms with E-state index in [4.69, 9.17) is 16.5 Å². The normalized spacial score (nSPS) is 16.4. The average molecular weight is 465 g/mol. The summed E-state index contributed by atoms with van der Waals surface area (Å²) in [5.74, 6) is -0.472. The van der Waals surface area contributed by atoms with Gasteiger partial charge in [0.05, 0.1) is 17.5 Å². The number of hydrogen-bond donors (Lipinski definition) is 4. The Morgan fingerprint density at radius 2 is 2.03 bits per heavy atom. The minimum atomic E-state index is -0.825. The fourth-order valence-corrected chi connectivity index (χ4v) is 4.21. The SMILES string of the molecule is NCc1cccc(C(C(N)=O)c2ccc(N3CC[C@@H](O)C3)nc2NCCc2cccc(F)c2)n1. The van der Waals surface area contributed by atoms with E-state index in [2.05, 4.69) is 10.3 Å². The highest BCUT2D eigenvalue weighted by molar-refractivity contribution is 5.87. The number of aliphatic hydroxyl groups is 1. The fraction of sp³-hybridized carbons (Fsp3) is 0.320. The zero-order valence-corrected chi connectivity index (χ0v) is 18.8. The van der Waals surface area contributed by atoms with E-state index >= 15 is 0 Å². The maximum absolute atomic E-state index is 13.6. The number of nitrogens with one attached hydrogen (secondary N) is 1. The molecular formula is C25H29FN6O2. The van der Waals surface area contributed by atoms with Gasteiger partial charge in [-0.2, -0.15) is 0 Å². The number of rotatable bonds is 9. The molecule has 2 atom stereocenters. The number of amides is 1. The number of hydrogen-bond acceptors (Lipinski definition) is 7. The van der Waals surface area contributed by atoms with E-state index in [1.807, 2.05) is 23.1 Å². The standard InChI is InChI=1S/C25H29FN6O2/c26-17-4-1-3-16(13-17)9-11-29-25-20(7-8-22(31-25)32-12-10-19(33)15-32)23(24(28)34)21-6-2-5-18(14-27)30-21/h1-8,13,19,23,33H,9-12,14-15,27H2,(H2,28,34)(H,29,31)/t19-,23?/m1/s1. The van der Waals surface area contributed by atoms with Crippen molar-refractivity contribution in [2.45, 2.75) is 31.4 Å². The summed E-state index contributed by atoms with van der Waals surface area (Å²) in [5, 5.41) is 13.2. The molecule has 9 heteroatoms. The number of anilines is 2. The molecule has 8 nitrogen and oxygen atoms in total. The first kappa shape index (κ1) is 23.6. The maximum Gasteiger partial charge on any atom is 0.231 e. The van der Waals surface area contributed by atoms with Gasteiger partial charge in [-0.15, -0.1) is 0 Å². The number of primary amides is 1. The van der Waals surface area contributed by atoms with Gasteiger partial charge in [0.2, 0.25) is 5.91 Å². The van der Waals surface area contributed by atoms with Crippen molar-refractivity contribution in [3.63, 3.8) is 0 Å². The summed E-state index contributed by atoms with van der Waals surface area (Å²) in [7, 11) is 0. The maximum atomic E-state index is 13.6. The third kappa shape index (κ3) is 5.49. The lowest BCUT2D eigenvalue weighted by Crippen LogP contribution is -2.27. The second kappa shape index (κ2) is 10.6.